The normalized spacial score (nSPS) is 11.5. The van der Waals surface area contributed by atoms with Gasteiger partial charge in [0.15, 0.2) is 0 Å². The van der Waals surface area contributed by atoms with Crippen molar-refractivity contribution in [1.29, 1.82) is 0 Å². The molecule has 0 bridgehead atoms. The molecule has 3 rings (SSSR count). The van der Waals surface area contributed by atoms with Crippen molar-refractivity contribution < 1.29 is 14.0 Å². The molecular weight excluding hydrogens is 397 g/mol. The van der Waals surface area contributed by atoms with Crippen molar-refractivity contribution in [3.63, 3.8) is 0 Å². The van der Waals surface area contributed by atoms with E-state index in [0.29, 0.717) is 11.4 Å². The minimum absolute atomic E-state index is 0.141. The van der Waals surface area contributed by atoms with Gasteiger partial charge in [-0.05, 0) is 71.8 Å². The third kappa shape index (κ3) is 4.90. The first-order valence-electron chi connectivity index (χ1n) is 8.42. The van der Waals surface area contributed by atoms with Crippen LogP contribution in [0.3, 0.4) is 0 Å². The van der Waals surface area contributed by atoms with Crippen LogP contribution in [-0.2, 0) is 0 Å². The molecule has 1 heterocycles. The van der Waals surface area contributed by atoms with Gasteiger partial charge in [-0.1, -0.05) is 18.9 Å². The number of rotatable bonds is 5. The summed E-state index contributed by atoms with van der Waals surface area (Å²) in [6, 6.07) is 13.5. The van der Waals surface area contributed by atoms with Gasteiger partial charge in [-0.25, -0.2) is 13.5 Å². The number of carbonyl (C=O) groups excluding carboxylic acids is 2. The van der Waals surface area contributed by atoms with Crippen LogP contribution in [0.4, 0.5) is 20.6 Å². The van der Waals surface area contributed by atoms with Gasteiger partial charge in [0.1, 0.15) is 5.82 Å². The first-order chi connectivity index (χ1) is 13.4. The molecule has 5 nitrogen and oxygen atoms in total. The van der Waals surface area contributed by atoms with Crippen LogP contribution in [0, 0.1) is 5.82 Å². The van der Waals surface area contributed by atoms with Gasteiger partial charge in [0.25, 0.3) is 5.91 Å². The molecule has 0 aliphatic rings. The molecule has 0 radical (unpaired) electrons. The monoisotopic (exact) mass is 415 g/mol. The van der Waals surface area contributed by atoms with E-state index in [1.165, 1.54) is 22.5 Å². The third-order valence-corrected chi connectivity index (χ3v) is 5.15. The van der Waals surface area contributed by atoms with E-state index in [9.17, 15) is 14.0 Å². The van der Waals surface area contributed by atoms with Crippen LogP contribution in [0.1, 0.15) is 28.9 Å². The van der Waals surface area contributed by atoms with Crippen LogP contribution in [-0.4, -0.2) is 11.9 Å². The summed E-state index contributed by atoms with van der Waals surface area (Å²) >= 11 is 5.82. The molecule has 2 N–H and O–H groups in total. The average Bonchev–Trinajstić information content (AvgIpc) is 3.23. The molecule has 3 aromatic rings. The lowest BCUT2D eigenvalue weighted by Crippen LogP contribution is -2.35. The topological polar surface area (TPSA) is 61.4 Å². The maximum Gasteiger partial charge on any atom is 0.332 e. The molecule has 8 heteroatoms. The number of thiol groups is 1. The second kappa shape index (κ2) is 8.90. The zero-order valence-electron chi connectivity index (χ0n) is 14.9. The van der Waals surface area contributed by atoms with E-state index in [4.69, 9.17) is 0 Å². The molecule has 1 aromatic heterocycles. The van der Waals surface area contributed by atoms with E-state index < -0.39 is 11.7 Å². The molecule has 144 valence electrons. The highest BCUT2D eigenvalue weighted by atomic mass is 32.1. The maximum atomic E-state index is 13.2. The summed E-state index contributed by atoms with van der Waals surface area (Å²) in [5, 5.41) is 9.48. The standard InChI is InChI=1S/C20H18FN3O2S2/c1-13(15-9-10-28-12-15)22-20(26)24(27)18-7-5-17(6-8-18)23-19(25)14-3-2-4-16(21)11-14/h2-13,27H,1H3,(H,22,26)(H,23,25). The van der Waals surface area contributed by atoms with E-state index >= 15 is 0 Å². The lowest BCUT2D eigenvalue weighted by atomic mass is 10.2. The van der Waals surface area contributed by atoms with Crippen molar-refractivity contribution >= 4 is 47.5 Å². The van der Waals surface area contributed by atoms with Crippen LogP contribution in [0.25, 0.3) is 0 Å². The largest absolute Gasteiger partial charge is 0.332 e. The molecule has 0 aliphatic carbocycles. The summed E-state index contributed by atoms with van der Waals surface area (Å²) in [7, 11) is 0. The third-order valence-electron chi connectivity index (χ3n) is 4.03. The molecule has 2 aromatic carbocycles. The first kappa shape index (κ1) is 19.9. The number of urea groups is 1. The predicted octanol–water partition coefficient (Wildman–Crippen LogP) is 5.26. The van der Waals surface area contributed by atoms with Gasteiger partial charge in [-0.15, -0.1) is 0 Å². The van der Waals surface area contributed by atoms with Gasteiger partial charge in [-0.2, -0.15) is 11.3 Å². The van der Waals surface area contributed by atoms with Gasteiger partial charge in [0.2, 0.25) is 0 Å². The zero-order chi connectivity index (χ0) is 20.1. The van der Waals surface area contributed by atoms with E-state index in [2.05, 4.69) is 23.4 Å². The molecular formula is C20H18FN3O2S2. The molecule has 0 aliphatic heterocycles. The fourth-order valence-corrected chi connectivity index (χ4v) is 3.43. The molecule has 28 heavy (non-hydrogen) atoms. The van der Waals surface area contributed by atoms with Crippen LogP contribution in [0.2, 0.25) is 0 Å². The van der Waals surface area contributed by atoms with Gasteiger partial charge in [-0.3, -0.25) is 4.79 Å². The van der Waals surface area contributed by atoms with Crippen LogP contribution in [0.5, 0.6) is 0 Å². The minimum atomic E-state index is -0.476. The highest BCUT2D eigenvalue weighted by Crippen LogP contribution is 2.22. The Bertz CT molecular complexity index is 962. The van der Waals surface area contributed by atoms with Crippen molar-refractivity contribution in [2.24, 2.45) is 0 Å². The van der Waals surface area contributed by atoms with Crippen molar-refractivity contribution in [3.05, 3.63) is 82.3 Å². The summed E-state index contributed by atoms with van der Waals surface area (Å²) in [5.41, 5.74) is 2.31. The number of nitrogens with one attached hydrogen (secondary N) is 2. The number of benzene rings is 2. The number of thiophene rings is 1. The maximum absolute atomic E-state index is 13.2. The molecule has 3 amide bonds. The fourth-order valence-electron chi connectivity index (χ4n) is 2.49. The number of nitrogens with zero attached hydrogens (tertiary/aromatic N) is 1. The number of carbonyl (C=O) groups is 2. The van der Waals surface area contributed by atoms with Crippen molar-refractivity contribution in [1.82, 2.24) is 5.32 Å². The molecule has 1 unspecified atom stereocenters. The Kier molecular flexibility index (Phi) is 6.33. The predicted molar refractivity (Wildman–Crippen MR) is 114 cm³/mol. The summed E-state index contributed by atoms with van der Waals surface area (Å²) in [6.45, 7) is 1.90. The van der Waals surface area contributed by atoms with Crippen LogP contribution >= 0.6 is 24.2 Å². The second-order valence-electron chi connectivity index (χ2n) is 6.05. The summed E-state index contributed by atoms with van der Waals surface area (Å²) in [4.78, 5) is 24.5. The smallest absolute Gasteiger partial charge is 0.330 e. The molecule has 0 spiro atoms. The highest BCUT2D eigenvalue weighted by Gasteiger charge is 2.16. The van der Waals surface area contributed by atoms with Crippen LogP contribution in [0.15, 0.2) is 65.4 Å². The highest BCUT2D eigenvalue weighted by molar-refractivity contribution is 7.82. The van der Waals surface area contributed by atoms with E-state index in [1.54, 1.807) is 35.6 Å². The van der Waals surface area contributed by atoms with E-state index in [-0.39, 0.29) is 17.6 Å². The fraction of sp³-hybridized carbons (Fsp3) is 0.100. The Morgan fingerprint density at radius 2 is 1.89 bits per heavy atom. The molecule has 0 saturated carbocycles. The van der Waals surface area contributed by atoms with Crippen LogP contribution < -0.4 is 14.9 Å². The molecule has 0 fully saturated rings. The van der Waals surface area contributed by atoms with Crippen molar-refractivity contribution in [2.75, 3.05) is 9.62 Å². The lowest BCUT2D eigenvalue weighted by molar-refractivity contribution is 0.102. The Labute approximate surface area is 171 Å². The summed E-state index contributed by atoms with van der Waals surface area (Å²) < 4.78 is 14.4. The Morgan fingerprint density at radius 1 is 1.14 bits per heavy atom. The summed E-state index contributed by atoms with van der Waals surface area (Å²) in [6.07, 6.45) is 0. The Hall–Kier alpha value is -2.84. The average molecular weight is 416 g/mol. The summed E-state index contributed by atoms with van der Waals surface area (Å²) in [5.74, 6) is -0.895. The zero-order valence-corrected chi connectivity index (χ0v) is 16.6. The number of hydrogen-bond donors (Lipinski definition) is 3. The van der Waals surface area contributed by atoms with E-state index in [1.807, 2.05) is 23.8 Å². The Morgan fingerprint density at radius 3 is 2.54 bits per heavy atom. The number of amides is 3. The SMILES string of the molecule is CC(NC(=O)N(S)c1ccc(NC(=O)c2cccc(F)c2)cc1)c1ccsc1. The van der Waals surface area contributed by atoms with Crippen molar-refractivity contribution in [3.8, 4) is 0 Å². The van der Waals surface area contributed by atoms with Gasteiger partial charge >= 0.3 is 6.03 Å². The lowest BCUT2D eigenvalue weighted by Gasteiger charge is -2.20. The van der Waals surface area contributed by atoms with Gasteiger partial charge < -0.3 is 10.6 Å². The number of hydrogen-bond acceptors (Lipinski definition) is 4. The van der Waals surface area contributed by atoms with E-state index in [0.717, 1.165) is 11.6 Å². The minimum Gasteiger partial charge on any atom is -0.330 e. The first-order valence-corrected chi connectivity index (χ1v) is 9.77. The van der Waals surface area contributed by atoms with Crippen molar-refractivity contribution in [2.45, 2.75) is 13.0 Å². The Balaban J connectivity index is 1.61. The number of anilines is 2. The van der Waals surface area contributed by atoms with Gasteiger partial charge in [0, 0.05) is 11.3 Å². The quantitative estimate of drug-likeness (QED) is 0.498. The number of halogens is 1. The molecule has 0 saturated heterocycles. The second-order valence-corrected chi connectivity index (χ2v) is 7.23. The molecule has 1 atom stereocenters. The van der Waals surface area contributed by atoms with Gasteiger partial charge in [0.05, 0.1) is 11.7 Å².